The third kappa shape index (κ3) is 2.08. The maximum atomic E-state index is 4.44. The third-order valence-corrected chi connectivity index (χ3v) is 4.81. The minimum absolute atomic E-state index is 0.621. The molecule has 1 saturated carbocycles. The van der Waals surface area contributed by atoms with E-state index >= 15 is 0 Å². The molecule has 2 aromatic heterocycles. The van der Waals surface area contributed by atoms with Gasteiger partial charge in [0.2, 0.25) is 0 Å². The van der Waals surface area contributed by atoms with E-state index in [2.05, 4.69) is 51.6 Å². The molecule has 0 unspecified atom stereocenters. The molecular formula is C18H21N3. The highest BCUT2D eigenvalue weighted by molar-refractivity contribution is 5.95. The van der Waals surface area contributed by atoms with E-state index in [9.17, 15) is 0 Å². The highest BCUT2D eigenvalue weighted by atomic mass is 15.1. The normalized spacial score (nSPS) is 16.6. The molecule has 21 heavy (non-hydrogen) atoms. The van der Waals surface area contributed by atoms with Gasteiger partial charge in [0.25, 0.3) is 0 Å². The first-order valence-electron chi connectivity index (χ1n) is 7.91. The van der Waals surface area contributed by atoms with Crippen LogP contribution in [0.3, 0.4) is 0 Å². The molecule has 0 N–H and O–H groups in total. The Labute approximate surface area is 125 Å². The van der Waals surface area contributed by atoms with Crippen molar-refractivity contribution < 1.29 is 0 Å². The predicted octanol–water partition coefficient (Wildman–Crippen LogP) is 4.55. The Morgan fingerprint density at radius 2 is 1.90 bits per heavy atom. The zero-order chi connectivity index (χ0) is 14.2. The Hall–Kier alpha value is -2.03. The molecule has 0 aliphatic heterocycles. The van der Waals surface area contributed by atoms with Crippen molar-refractivity contribution in [3.63, 3.8) is 0 Å². The number of rotatable bonds is 2. The zero-order valence-corrected chi connectivity index (χ0v) is 12.5. The van der Waals surface area contributed by atoms with Gasteiger partial charge in [0.1, 0.15) is 0 Å². The molecule has 0 saturated heterocycles. The average molecular weight is 279 g/mol. The second kappa shape index (κ2) is 5.06. The van der Waals surface area contributed by atoms with Crippen LogP contribution in [-0.2, 0) is 7.05 Å². The fourth-order valence-electron chi connectivity index (χ4n) is 3.71. The molecule has 108 valence electrons. The highest BCUT2D eigenvalue weighted by Crippen LogP contribution is 2.35. The van der Waals surface area contributed by atoms with Crippen LogP contribution in [0.2, 0.25) is 0 Å². The van der Waals surface area contributed by atoms with Crippen LogP contribution >= 0.6 is 0 Å². The molecule has 2 heterocycles. The van der Waals surface area contributed by atoms with Crippen LogP contribution in [0, 0.1) is 0 Å². The van der Waals surface area contributed by atoms with Crippen molar-refractivity contribution in [3.05, 3.63) is 43.0 Å². The average Bonchev–Trinajstić information content (AvgIpc) is 3.13. The van der Waals surface area contributed by atoms with Gasteiger partial charge in [-0.2, -0.15) is 0 Å². The molecule has 1 fully saturated rings. The molecule has 3 heteroatoms. The molecule has 4 rings (SSSR count). The first kappa shape index (κ1) is 12.7. The lowest BCUT2D eigenvalue weighted by molar-refractivity contribution is 0.355. The van der Waals surface area contributed by atoms with Crippen LogP contribution in [0.1, 0.15) is 38.1 Å². The van der Waals surface area contributed by atoms with Crippen LogP contribution in [0.15, 0.2) is 43.0 Å². The molecule has 0 bridgehead atoms. The standard InChI is InChI=1S/C18H21N3/c1-20-12-16(15-9-5-6-10-17(15)20)18-11-19-13-21(18)14-7-3-2-4-8-14/h5-6,9-14H,2-4,7-8H2,1H3. The third-order valence-electron chi connectivity index (χ3n) is 4.81. The molecular weight excluding hydrogens is 258 g/mol. The zero-order valence-electron chi connectivity index (χ0n) is 12.5. The minimum atomic E-state index is 0.621. The highest BCUT2D eigenvalue weighted by Gasteiger charge is 2.20. The topological polar surface area (TPSA) is 22.8 Å². The summed E-state index contributed by atoms with van der Waals surface area (Å²) >= 11 is 0. The number of nitrogens with zero attached hydrogens (tertiary/aromatic N) is 3. The lowest BCUT2D eigenvalue weighted by Gasteiger charge is -2.24. The summed E-state index contributed by atoms with van der Waals surface area (Å²) in [6.07, 6.45) is 12.9. The SMILES string of the molecule is Cn1cc(-c2cncn2C2CCCCC2)c2ccccc21. The van der Waals surface area contributed by atoms with Crippen LogP contribution in [0.4, 0.5) is 0 Å². The summed E-state index contributed by atoms with van der Waals surface area (Å²) in [4.78, 5) is 4.44. The van der Waals surface area contributed by atoms with E-state index in [1.165, 1.54) is 54.3 Å². The van der Waals surface area contributed by atoms with E-state index in [4.69, 9.17) is 0 Å². The van der Waals surface area contributed by atoms with Gasteiger partial charge in [-0.25, -0.2) is 4.98 Å². The molecule has 0 amide bonds. The Morgan fingerprint density at radius 1 is 1.10 bits per heavy atom. The van der Waals surface area contributed by atoms with Gasteiger partial charge in [-0.05, 0) is 18.9 Å². The van der Waals surface area contributed by atoms with Gasteiger partial charge in [0.15, 0.2) is 0 Å². The van der Waals surface area contributed by atoms with Crippen molar-refractivity contribution in [2.75, 3.05) is 0 Å². The summed E-state index contributed by atoms with van der Waals surface area (Å²) in [7, 11) is 2.12. The lowest BCUT2D eigenvalue weighted by atomic mass is 9.95. The minimum Gasteiger partial charge on any atom is -0.350 e. The number of aromatic nitrogens is 3. The summed E-state index contributed by atoms with van der Waals surface area (Å²) in [5.74, 6) is 0. The van der Waals surface area contributed by atoms with Gasteiger partial charge in [-0.3, -0.25) is 0 Å². The Morgan fingerprint density at radius 3 is 2.76 bits per heavy atom. The number of imidazole rings is 1. The van der Waals surface area contributed by atoms with Crippen molar-refractivity contribution in [3.8, 4) is 11.3 Å². The van der Waals surface area contributed by atoms with Crippen LogP contribution in [0.25, 0.3) is 22.2 Å². The maximum Gasteiger partial charge on any atom is 0.0953 e. The van der Waals surface area contributed by atoms with Crippen LogP contribution < -0.4 is 0 Å². The summed E-state index contributed by atoms with van der Waals surface area (Å²) < 4.78 is 4.61. The number of aryl methyl sites for hydroxylation is 1. The first-order chi connectivity index (χ1) is 10.3. The van der Waals surface area contributed by atoms with E-state index < -0.39 is 0 Å². The molecule has 3 nitrogen and oxygen atoms in total. The van der Waals surface area contributed by atoms with E-state index in [0.717, 1.165) is 0 Å². The van der Waals surface area contributed by atoms with Gasteiger partial charge < -0.3 is 9.13 Å². The first-order valence-corrected chi connectivity index (χ1v) is 7.91. The largest absolute Gasteiger partial charge is 0.350 e. The van der Waals surface area contributed by atoms with Gasteiger partial charge >= 0.3 is 0 Å². The summed E-state index contributed by atoms with van der Waals surface area (Å²) in [5.41, 5.74) is 3.85. The van der Waals surface area contributed by atoms with Crippen molar-refractivity contribution in [2.24, 2.45) is 7.05 Å². The molecule has 1 aromatic carbocycles. The van der Waals surface area contributed by atoms with E-state index in [1.54, 1.807) is 0 Å². The van der Waals surface area contributed by atoms with Crippen molar-refractivity contribution in [1.82, 2.24) is 14.1 Å². The molecule has 1 aliphatic rings. The monoisotopic (exact) mass is 279 g/mol. The van der Waals surface area contributed by atoms with Crippen molar-refractivity contribution >= 4 is 10.9 Å². The number of fused-ring (bicyclic) bond motifs is 1. The van der Waals surface area contributed by atoms with Crippen LogP contribution in [-0.4, -0.2) is 14.1 Å². The van der Waals surface area contributed by atoms with E-state index in [-0.39, 0.29) is 0 Å². The summed E-state index contributed by atoms with van der Waals surface area (Å²) in [6.45, 7) is 0. The Bertz CT molecular complexity index is 760. The molecule has 0 spiro atoms. The van der Waals surface area contributed by atoms with Gasteiger partial charge in [0, 0.05) is 35.8 Å². The number of hydrogen-bond donors (Lipinski definition) is 0. The van der Waals surface area contributed by atoms with Crippen molar-refractivity contribution in [1.29, 1.82) is 0 Å². The van der Waals surface area contributed by atoms with Gasteiger partial charge in [0.05, 0.1) is 18.2 Å². The summed E-state index contributed by atoms with van der Waals surface area (Å²) in [6, 6.07) is 9.23. The van der Waals surface area contributed by atoms with E-state index in [0.29, 0.717) is 6.04 Å². The molecule has 0 radical (unpaired) electrons. The molecule has 3 aromatic rings. The van der Waals surface area contributed by atoms with Gasteiger partial charge in [-0.15, -0.1) is 0 Å². The van der Waals surface area contributed by atoms with E-state index in [1.807, 2.05) is 12.5 Å². The smallest absolute Gasteiger partial charge is 0.0953 e. The number of benzene rings is 1. The number of para-hydroxylation sites is 1. The predicted molar refractivity (Wildman–Crippen MR) is 86.3 cm³/mol. The second-order valence-electron chi connectivity index (χ2n) is 6.15. The van der Waals surface area contributed by atoms with Crippen molar-refractivity contribution in [2.45, 2.75) is 38.1 Å². The quantitative estimate of drug-likeness (QED) is 0.675. The van der Waals surface area contributed by atoms with Crippen LogP contribution in [0.5, 0.6) is 0 Å². The Kier molecular flexibility index (Phi) is 3.06. The maximum absolute atomic E-state index is 4.44. The molecule has 0 atom stereocenters. The fraction of sp³-hybridized carbons (Fsp3) is 0.389. The second-order valence-corrected chi connectivity index (χ2v) is 6.15. The molecule has 1 aliphatic carbocycles. The summed E-state index contributed by atoms with van der Waals surface area (Å²) in [5, 5.41) is 1.32. The fourth-order valence-corrected chi connectivity index (χ4v) is 3.71. The van der Waals surface area contributed by atoms with Gasteiger partial charge in [-0.1, -0.05) is 37.5 Å². The number of hydrogen-bond acceptors (Lipinski definition) is 1. The lowest BCUT2D eigenvalue weighted by Crippen LogP contribution is -2.12. The Balaban J connectivity index is 1.84.